The van der Waals surface area contributed by atoms with E-state index >= 15 is 0 Å². The number of carbonyl (C=O) groups is 1. The van der Waals surface area contributed by atoms with Crippen LogP contribution in [0.3, 0.4) is 0 Å². The van der Waals surface area contributed by atoms with E-state index in [-0.39, 0.29) is 0 Å². The van der Waals surface area contributed by atoms with E-state index in [1.165, 1.54) is 19.3 Å². The average molecular weight is 239 g/mol. The van der Waals surface area contributed by atoms with Gasteiger partial charge in [-0.3, -0.25) is 9.69 Å². The second-order valence-electron chi connectivity index (χ2n) is 5.41. The minimum absolute atomic E-state index is 0.351. The summed E-state index contributed by atoms with van der Waals surface area (Å²) >= 11 is 0. The Kier molecular flexibility index (Phi) is 4.99. The predicted octanol–water partition coefficient (Wildman–Crippen LogP) is 2.25. The molecule has 1 saturated carbocycles. The molecule has 0 aromatic rings. The topological polar surface area (TPSA) is 29.5 Å². The summed E-state index contributed by atoms with van der Waals surface area (Å²) in [5.41, 5.74) is 0. The molecule has 1 unspecified atom stereocenters. The first kappa shape index (κ1) is 13.0. The maximum absolute atomic E-state index is 12.2. The third kappa shape index (κ3) is 3.52. The van der Waals surface area contributed by atoms with Gasteiger partial charge in [0.1, 0.15) is 5.78 Å². The third-order valence-electron chi connectivity index (χ3n) is 4.24. The van der Waals surface area contributed by atoms with Crippen molar-refractivity contribution >= 4 is 5.78 Å². The normalized spacial score (nSPS) is 28.2. The van der Waals surface area contributed by atoms with Crippen molar-refractivity contribution < 1.29 is 9.53 Å². The number of carbonyl (C=O) groups excluding carboxylic acids is 1. The van der Waals surface area contributed by atoms with Crippen LogP contribution in [0.4, 0.5) is 0 Å². The van der Waals surface area contributed by atoms with Gasteiger partial charge < -0.3 is 4.74 Å². The Bertz CT molecular complexity index is 249. The first-order valence-electron chi connectivity index (χ1n) is 7.15. The zero-order valence-electron chi connectivity index (χ0n) is 11.0. The highest BCUT2D eigenvalue weighted by atomic mass is 16.5. The molecule has 3 nitrogen and oxygen atoms in total. The molecule has 2 aliphatic rings. The summed E-state index contributed by atoms with van der Waals surface area (Å²) in [4.78, 5) is 14.6. The molecule has 98 valence electrons. The lowest BCUT2D eigenvalue weighted by Crippen LogP contribution is -2.48. The lowest BCUT2D eigenvalue weighted by atomic mass is 9.86. The number of ether oxygens (including phenoxy) is 1. The third-order valence-corrected chi connectivity index (χ3v) is 4.24. The molecule has 2 fully saturated rings. The van der Waals surface area contributed by atoms with Crippen LogP contribution in [0.25, 0.3) is 0 Å². The number of rotatable bonds is 4. The highest BCUT2D eigenvalue weighted by Crippen LogP contribution is 2.25. The molecule has 1 aliphatic heterocycles. The van der Waals surface area contributed by atoms with E-state index in [1.54, 1.807) is 0 Å². The fraction of sp³-hybridized carbons (Fsp3) is 0.929. The lowest BCUT2D eigenvalue weighted by molar-refractivity contribution is -0.127. The Morgan fingerprint density at radius 3 is 2.76 bits per heavy atom. The number of hydrogen-bond donors (Lipinski definition) is 0. The highest BCUT2D eigenvalue weighted by molar-refractivity contribution is 5.83. The molecule has 0 bridgehead atoms. The molecular formula is C14H25NO2. The van der Waals surface area contributed by atoms with Gasteiger partial charge in [-0.25, -0.2) is 0 Å². The molecule has 0 radical (unpaired) electrons. The fourth-order valence-electron chi connectivity index (χ4n) is 3.03. The molecule has 1 aliphatic carbocycles. The smallest absolute Gasteiger partial charge is 0.149 e. The molecule has 1 atom stereocenters. The second-order valence-corrected chi connectivity index (χ2v) is 5.41. The lowest BCUT2D eigenvalue weighted by Gasteiger charge is -2.35. The van der Waals surface area contributed by atoms with Crippen LogP contribution >= 0.6 is 0 Å². The van der Waals surface area contributed by atoms with Gasteiger partial charge in [-0.2, -0.15) is 0 Å². The number of Topliss-reactive ketones (excluding diaryl/α,β-unsaturated/α-hetero) is 1. The van der Waals surface area contributed by atoms with Gasteiger partial charge in [-0.1, -0.05) is 26.2 Å². The minimum Gasteiger partial charge on any atom is -0.378 e. The zero-order chi connectivity index (χ0) is 12.1. The van der Waals surface area contributed by atoms with E-state index in [4.69, 9.17) is 4.74 Å². The fourth-order valence-corrected chi connectivity index (χ4v) is 3.03. The van der Waals surface area contributed by atoms with Crippen molar-refractivity contribution in [2.24, 2.45) is 5.92 Å². The second kappa shape index (κ2) is 6.50. The van der Waals surface area contributed by atoms with Crippen LogP contribution in [-0.4, -0.2) is 43.0 Å². The van der Waals surface area contributed by atoms with Gasteiger partial charge in [0.25, 0.3) is 0 Å². The first-order chi connectivity index (χ1) is 8.31. The van der Waals surface area contributed by atoms with Crippen molar-refractivity contribution in [3.8, 4) is 0 Å². The van der Waals surface area contributed by atoms with Crippen molar-refractivity contribution in [3.05, 3.63) is 0 Å². The maximum Gasteiger partial charge on any atom is 0.149 e. The average Bonchev–Trinajstić information content (AvgIpc) is 2.40. The Morgan fingerprint density at radius 1 is 1.29 bits per heavy atom. The van der Waals surface area contributed by atoms with Crippen LogP contribution in [0.1, 0.15) is 45.4 Å². The van der Waals surface area contributed by atoms with E-state index in [0.29, 0.717) is 24.3 Å². The summed E-state index contributed by atoms with van der Waals surface area (Å²) < 4.78 is 5.48. The maximum atomic E-state index is 12.2. The van der Waals surface area contributed by atoms with Gasteiger partial charge in [-0.15, -0.1) is 0 Å². The summed E-state index contributed by atoms with van der Waals surface area (Å²) in [7, 11) is 0. The van der Waals surface area contributed by atoms with E-state index in [0.717, 1.165) is 39.0 Å². The summed E-state index contributed by atoms with van der Waals surface area (Å²) in [6.45, 7) is 5.35. The zero-order valence-corrected chi connectivity index (χ0v) is 11.0. The van der Waals surface area contributed by atoms with Crippen LogP contribution < -0.4 is 0 Å². The largest absolute Gasteiger partial charge is 0.378 e. The van der Waals surface area contributed by atoms with Crippen molar-refractivity contribution in [1.29, 1.82) is 0 Å². The van der Waals surface area contributed by atoms with Crippen molar-refractivity contribution in [2.75, 3.05) is 26.3 Å². The Balaban J connectivity index is 1.83. The monoisotopic (exact) mass is 239 g/mol. The highest BCUT2D eigenvalue weighted by Gasteiger charge is 2.27. The van der Waals surface area contributed by atoms with Crippen molar-refractivity contribution in [3.63, 3.8) is 0 Å². The quantitative estimate of drug-likeness (QED) is 0.753. The number of nitrogens with zero attached hydrogens (tertiary/aromatic N) is 1. The van der Waals surface area contributed by atoms with Gasteiger partial charge in [0.2, 0.25) is 0 Å². The molecule has 0 spiro atoms. The van der Waals surface area contributed by atoms with Crippen LogP contribution in [0.15, 0.2) is 0 Å². The van der Waals surface area contributed by atoms with Crippen molar-refractivity contribution in [1.82, 2.24) is 4.90 Å². The van der Waals surface area contributed by atoms with Gasteiger partial charge in [0.05, 0.1) is 19.8 Å². The summed E-state index contributed by atoms with van der Waals surface area (Å²) in [5, 5.41) is 0. The van der Waals surface area contributed by atoms with Gasteiger partial charge in [0.15, 0.2) is 0 Å². The minimum atomic E-state index is 0.351. The molecular weight excluding hydrogens is 214 g/mol. The number of hydrogen-bond acceptors (Lipinski definition) is 3. The summed E-state index contributed by atoms with van der Waals surface area (Å²) in [6, 6.07) is 0.455. The van der Waals surface area contributed by atoms with Crippen LogP contribution in [0.2, 0.25) is 0 Å². The molecule has 1 saturated heterocycles. The van der Waals surface area contributed by atoms with Crippen LogP contribution in [0.5, 0.6) is 0 Å². The first-order valence-corrected chi connectivity index (χ1v) is 7.15. The molecule has 1 heterocycles. The number of ketones is 1. The van der Waals surface area contributed by atoms with Gasteiger partial charge >= 0.3 is 0 Å². The van der Waals surface area contributed by atoms with Gasteiger partial charge in [-0.05, 0) is 19.3 Å². The number of morpholine rings is 1. The predicted molar refractivity (Wildman–Crippen MR) is 68.1 cm³/mol. The van der Waals surface area contributed by atoms with E-state index in [9.17, 15) is 4.79 Å². The summed E-state index contributed by atoms with van der Waals surface area (Å²) in [5.74, 6) is 0.828. The van der Waals surface area contributed by atoms with Gasteiger partial charge in [0, 0.05) is 18.5 Å². The molecule has 0 aromatic heterocycles. The molecule has 2 rings (SSSR count). The van der Waals surface area contributed by atoms with E-state index in [1.807, 2.05) is 0 Å². The molecule has 0 amide bonds. The van der Waals surface area contributed by atoms with Crippen LogP contribution in [-0.2, 0) is 9.53 Å². The van der Waals surface area contributed by atoms with E-state index in [2.05, 4.69) is 11.8 Å². The molecule has 0 N–H and O–H groups in total. The van der Waals surface area contributed by atoms with E-state index < -0.39 is 0 Å². The Hall–Kier alpha value is -0.410. The van der Waals surface area contributed by atoms with Crippen molar-refractivity contribution in [2.45, 2.75) is 51.5 Å². The molecule has 3 heteroatoms. The Labute approximate surface area is 105 Å². The standard InChI is InChI=1S/C14H25NO2/c1-2-13-11-17-9-8-15(13)10-14(16)12-6-4-3-5-7-12/h12-13H,2-11H2,1H3. The molecule has 17 heavy (non-hydrogen) atoms. The SMILES string of the molecule is CCC1COCCN1CC(=O)C1CCCCC1. The molecule has 0 aromatic carbocycles. The Morgan fingerprint density at radius 2 is 2.06 bits per heavy atom. The van der Waals surface area contributed by atoms with Crippen LogP contribution in [0, 0.1) is 5.92 Å². The summed E-state index contributed by atoms with van der Waals surface area (Å²) in [6.07, 6.45) is 7.14.